The van der Waals surface area contributed by atoms with Crippen molar-refractivity contribution in [2.45, 2.75) is 0 Å². The van der Waals surface area contributed by atoms with Crippen LogP contribution in [-0.4, -0.2) is 17.9 Å². The van der Waals surface area contributed by atoms with Crippen LogP contribution in [0.2, 0.25) is 5.02 Å². The highest BCUT2D eigenvalue weighted by molar-refractivity contribution is 9.10. The number of anilines is 2. The number of benzene rings is 1. The molecule has 0 radical (unpaired) electrons. The highest BCUT2D eigenvalue weighted by Crippen LogP contribution is 2.22. The van der Waals surface area contributed by atoms with Crippen LogP contribution in [0.4, 0.5) is 15.9 Å². The van der Waals surface area contributed by atoms with Gasteiger partial charge < -0.3 is 10.6 Å². The summed E-state index contributed by atoms with van der Waals surface area (Å²) in [4.78, 5) is 16.1. The lowest BCUT2D eigenvalue weighted by Crippen LogP contribution is -2.13. The third-order valence-corrected chi connectivity index (χ3v) is 3.48. The summed E-state index contributed by atoms with van der Waals surface area (Å²) in [5, 5.41) is 5.61. The number of carbonyl (C=O) groups is 1. The number of nitrogens with zero attached hydrogens (tertiary/aromatic N) is 1. The summed E-state index contributed by atoms with van der Waals surface area (Å²) in [7, 11) is 1.68. The molecule has 0 aliphatic rings. The number of pyridine rings is 1. The molecule has 0 atom stereocenters. The van der Waals surface area contributed by atoms with Crippen molar-refractivity contribution in [3.63, 3.8) is 0 Å². The minimum atomic E-state index is -0.459. The fraction of sp³-hybridized carbons (Fsp3) is 0.0769. The molecule has 1 aromatic carbocycles. The molecule has 7 heteroatoms. The summed E-state index contributed by atoms with van der Waals surface area (Å²) in [6.45, 7) is 0. The second-order valence-electron chi connectivity index (χ2n) is 3.88. The predicted molar refractivity (Wildman–Crippen MR) is 80.8 cm³/mol. The second kappa shape index (κ2) is 6.19. The van der Waals surface area contributed by atoms with Gasteiger partial charge in [-0.1, -0.05) is 11.6 Å². The Hall–Kier alpha value is -1.66. The van der Waals surface area contributed by atoms with Gasteiger partial charge in [-0.05, 0) is 40.2 Å². The van der Waals surface area contributed by atoms with E-state index in [1.54, 1.807) is 13.1 Å². The number of rotatable bonds is 3. The molecular formula is C13H10BrClFN3O. The summed E-state index contributed by atoms with van der Waals surface area (Å²) in [6.07, 6.45) is 1.38. The summed E-state index contributed by atoms with van der Waals surface area (Å²) in [5.41, 5.74) is 0.601. The number of hydrogen-bond donors (Lipinski definition) is 2. The maximum Gasteiger partial charge on any atom is 0.257 e. The van der Waals surface area contributed by atoms with E-state index in [0.29, 0.717) is 16.0 Å². The highest BCUT2D eigenvalue weighted by Gasteiger charge is 2.13. The molecular weight excluding hydrogens is 349 g/mol. The van der Waals surface area contributed by atoms with Crippen LogP contribution in [0.25, 0.3) is 0 Å². The monoisotopic (exact) mass is 357 g/mol. The summed E-state index contributed by atoms with van der Waals surface area (Å²) < 4.78 is 13.7. The maximum absolute atomic E-state index is 13.4. The van der Waals surface area contributed by atoms with E-state index < -0.39 is 11.7 Å². The Bertz CT molecular complexity index is 666. The van der Waals surface area contributed by atoms with Crippen molar-refractivity contribution in [1.82, 2.24) is 4.98 Å². The van der Waals surface area contributed by atoms with E-state index in [0.717, 1.165) is 0 Å². The lowest BCUT2D eigenvalue weighted by atomic mass is 10.2. The molecule has 0 fully saturated rings. The van der Waals surface area contributed by atoms with E-state index in [1.165, 1.54) is 24.4 Å². The first-order valence-electron chi connectivity index (χ1n) is 5.61. The van der Waals surface area contributed by atoms with Gasteiger partial charge >= 0.3 is 0 Å². The van der Waals surface area contributed by atoms with Crippen LogP contribution in [0.1, 0.15) is 10.4 Å². The fourth-order valence-corrected chi connectivity index (χ4v) is 1.96. The zero-order chi connectivity index (χ0) is 14.7. The van der Waals surface area contributed by atoms with E-state index in [-0.39, 0.29) is 10.6 Å². The smallest absolute Gasteiger partial charge is 0.257 e. The van der Waals surface area contributed by atoms with Crippen molar-refractivity contribution in [3.05, 3.63) is 51.3 Å². The van der Waals surface area contributed by atoms with Gasteiger partial charge in [0, 0.05) is 18.9 Å². The molecule has 0 saturated heterocycles. The molecule has 20 heavy (non-hydrogen) atoms. The topological polar surface area (TPSA) is 54.0 Å². The van der Waals surface area contributed by atoms with Crippen molar-refractivity contribution in [3.8, 4) is 0 Å². The van der Waals surface area contributed by atoms with Gasteiger partial charge in [0.2, 0.25) is 0 Å². The van der Waals surface area contributed by atoms with Crippen LogP contribution in [-0.2, 0) is 0 Å². The quantitative estimate of drug-likeness (QED) is 0.874. The van der Waals surface area contributed by atoms with Gasteiger partial charge in [0.05, 0.1) is 15.1 Å². The molecule has 0 aliphatic carbocycles. The van der Waals surface area contributed by atoms with Gasteiger partial charge in [-0.2, -0.15) is 0 Å². The van der Waals surface area contributed by atoms with Crippen molar-refractivity contribution in [2.24, 2.45) is 0 Å². The number of carbonyl (C=O) groups excluding carboxylic acids is 1. The standard InChI is InChI=1S/C13H10BrClFN3O/c1-17-12-5-8(10(15)6-18-12)13(20)19-7-2-3-9(14)11(16)4-7/h2-6H,1H3,(H,17,18)(H,19,20). The van der Waals surface area contributed by atoms with E-state index >= 15 is 0 Å². The normalized spacial score (nSPS) is 10.2. The first-order valence-corrected chi connectivity index (χ1v) is 6.78. The van der Waals surface area contributed by atoms with Gasteiger partial charge in [-0.3, -0.25) is 4.79 Å². The number of amides is 1. The van der Waals surface area contributed by atoms with E-state index in [2.05, 4.69) is 31.5 Å². The zero-order valence-corrected chi connectivity index (χ0v) is 12.7. The molecule has 0 saturated carbocycles. The largest absolute Gasteiger partial charge is 0.373 e. The molecule has 4 nitrogen and oxygen atoms in total. The average molecular weight is 359 g/mol. The fourth-order valence-electron chi connectivity index (χ4n) is 1.52. The van der Waals surface area contributed by atoms with E-state index in [4.69, 9.17) is 11.6 Å². The Morgan fingerprint density at radius 2 is 2.15 bits per heavy atom. The molecule has 1 aromatic heterocycles. The van der Waals surface area contributed by atoms with Crippen LogP contribution < -0.4 is 10.6 Å². The Morgan fingerprint density at radius 1 is 1.40 bits per heavy atom. The van der Waals surface area contributed by atoms with Crippen molar-refractivity contribution in [1.29, 1.82) is 0 Å². The lowest BCUT2D eigenvalue weighted by molar-refractivity contribution is 0.102. The molecule has 104 valence electrons. The molecule has 2 rings (SSSR count). The number of aromatic nitrogens is 1. The first kappa shape index (κ1) is 14.7. The van der Waals surface area contributed by atoms with Gasteiger partial charge in [0.1, 0.15) is 11.6 Å². The molecule has 2 aromatic rings. The average Bonchev–Trinajstić information content (AvgIpc) is 2.43. The maximum atomic E-state index is 13.4. The minimum absolute atomic E-state index is 0.221. The van der Waals surface area contributed by atoms with Gasteiger partial charge in [-0.15, -0.1) is 0 Å². The second-order valence-corrected chi connectivity index (χ2v) is 5.14. The molecule has 0 aliphatic heterocycles. The lowest BCUT2D eigenvalue weighted by Gasteiger charge is -2.08. The molecule has 2 N–H and O–H groups in total. The Morgan fingerprint density at radius 3 is 2.80 bits per heavy atom. The number of hydrogen-bond acceptors (Lipinski definition) is 3. The Labute approximate surface area is 128 Å². The third-order valence-electron chi connectivity index (χ3n) is 2.53. The summed E-state index contributed by atoms with van der Waals surface area (Å²) in [6, 6.07) is 5.83. The Balaban J connectivity index is 2.25. The third kappa shape index (κ3) is 3.26. The minimum Gasteiger partial charge on any atom is -0.373 e. The zero-order valence-electron chi connectivity index (χ0n) is 10.4. The Kier molecular flexibility index (Phi) is 4.57. The SMILES string of the molecule is CNc1cc(C(=O)Nc2ccc(Br)c(F)c2)c(Cl)cn1. The highest BCUT2D eigenvalue weighted by atomic mass is 79.9. The number of nitrogens with one attached hydrogen (secondary N) is 2. The number of halogens is 3. The molecule has 1 amide bonds. The van der Waals surface area contributed by atoms with Crippen molar-refractivity contribution >= 4 is 44.9 Å². The predicted octanol–water partition coefficient (Wildman–Crippen LogP) is 3.93. The molecule has 0 spiro atoms. The van der Waals surface area contributed by atoms with Crippen LogP contribution >= 0.6 is 27.5 Å². The molecule has 0 unspecified atom stereocenters. The molecule has 0 bridgehead atoms. The summed E-state index contributed by atoms with van der Waals surface area (Å²) in [5.74, 6) is -0.378. The van der Waals surface area contributed by atoms with E-state index in [9.17, 15) is 9.18 Å². The van der Waals surface area contributed by atoms with Gasteiger partial charge in [0.25, 0.3) is 5.91 Å². The van der Waals surface area contributed by atoms with Crippen LogP contribution in [0.15, 0.2) is 34.9 Å². The van der Waals surface area contributed by atoms with Crippen LogP contribution in [0.3, 0.4) is 0 Å². The van der Waals surface area contributed by atoms with Crippen molar-refractivity contribution < 1.29 is 9.18 Å². The summed E-state index contributed by atoms with van der Waals surface area (Å²) >= 11 is 8.98. The first-order chi connectivity index (χ1) is 9.51. The molecule has 1 heterocycles. The van der Waals surface area contributed by atoms with Gasteiger partial charge in [0.15, 0.2) is 0 Å². The van der Waals surface area contributed by atoms with Crippen molar-refractivity contribution in [2.75, 3.05) is 17.7 Å². The van der Waals surface area contributed by atoms with Crippen LogP contribution in [0.5, 0.6) is 0 Å². The van der Waals surface area contributed by atoms with Gasteiger partial charge in [-0.25, -0.2) is 9.37 Å². The van der Waals surface area contributed by atoms with Crippen LogP contribution in [0, 0.1) is 5.82 Å². The van der Waals surface area contributed by atoms with E-state index in [1.807, 2.05) is 0 Å².